The van der Waals surface area contributed by atoms with Crippen molar-refractivity contribution in [3.63, 3.8) is 0 Å². The van der Waals surface area contributed by atoms with Crippen molar-refractivity contribution < 1.29 is 14.2 Å². The van der Waals surface area contributed by atoms with E-state index in [0.29, 0.717) is 36.0 Å². The molecular weight excluding hydrogens is 344 g/mol. The highest BCUT2D eigenvalue weighted by Crippen LogP contribution is 2.29. The van der Waals surface area contributed by atoms with Crippen molar-refractivity contribution in [1.29, 1.82) is 0 Å². The third-order valence-electron chi connectivity index (χ3n) is 5.21. The van der Waals surface area contributed by atoms with Crippen LogP contribution < -0.4 is 20.5 Å². The highest BCUT2D eigenvalue weighted by Gasteiger charge is 2.26. The normalized spacial score (nSPS) is 17.0. The minimum atomic E-state index is 0.384. The number of methoxy groups -OCH3 is 2. The number of nitrogens with two attached hydrogens (primary N) is 1. The van der Waals surface area contributed by atoms with Crippen LogP contribution >= 0.6 is 0 Å². The van der Waals surface area contributed by atoms with E-state index in [1.165, 1.54) is 0 Å². The zero-order chi connectivity index (χ0) is 19.6. The van der Waals surface area contributed by atoms with Crippen molar-refractivity contribution in [2.75, 3.05) is 52.4 Å². The van der Waals surface area contributed by atoms with Crippen LogP contribution in [0, 0.1) is 5.92 Å². The summed E-state index contributed by atoms with van der Waals surface area (Å²) in [6.07, 6.45) is 2.27. The molecule has 0 aliphatic carbocycles. The molecule has 1 aliphatic heterocycles. The number of ether oxygens (including phenoxy) is 3. The topological polar surface area (TPSA) is 81.3 Å². The van der Waals surface area contributed by atoms with Crippen LogP contribution in [-0.2, 0) is 4.74 Å². The molecule has 1 aromatic carbocycles. The summed E-state index contributed by atoms with van der Waals surface area (Å²) in [6.45, 7) is 8.67. The molecule has 1 fully saturated rings. The maximum atomic E-state index is 6.15. The summed E-state index contributed by atoms with van der Waals surface area (Å²) in [5.74, 6) is 2.34. The second-order valence-electron chi connectivity index (χ2n) is 6.71. The third-order valence-corrected chi connectivity index (χ3v) is 5.21. The maximum absolute atomic E-state index is 6.15. The largest absolute Gasteiger partial charge is 0.493 e. The molecule has 1 aliphatic rings. The number of hydrogen-bond donors (Lipinski definition) is 2. The third kappa shape index (κ3) is 6.01. The molecule has 0 amide bonds. The van der Waals surface area contributed by atoms with E-state index in [-0.39, 0.29) is 0 Å². The van der Waals surface area contributed by atoms with Crippen LogP contribution in [0.1, 0.15) is 26.7 Å². The van der Waals surface area contributed by atoms with Crippen LogP contribution in [0.25, 0.3) is 0 Å². The molecule has 1 saturated heterocycles. The minimum Gasteiger partial charge on any atom is -0.493 e. The number of guanidine groups is 1. The van der Waals surface area contributed by atoms with E-state index < -0.39 is 0 Å². The number of anilines is 1. The molecule has 0 aromatic heterocycles. The van der Waals surface area contributed by atoms with E-state index >= 15 is 0 Å². The molecule has 0 saturated carbocycles. The summed E-state index contributed by atoms with van der Waals surface area (Å²) in [7, 11) is 3.23. The lowest BCUT2D eigenvalue weighted by Crippen LogP contribution is -2.48. The van der Waals surface area contributed by atoms with Gasteiger partial charge in [0, 0.05) is 30.9 Å². The van der Waals surface area contributed by atoms with Crippen LogP contribution in [0.3, 0.4) is 0 Å². The lowest BCUT2D eigenvalue weighted by atomic mass is 9.92. The Morgan fingerprint density at radius 2 is 1.85 bits per heavy atom. The van der Waals surface area contributed by atoms with Crippen LogP contribution in [0.15, 0.2) is 23.2 Å². The van der Waals surface area contributed by atoms with Gasteiger partial charge in [-0.2, -0.15) is 0 Å². The lowest BCUT2D eigenvalue weighted by Gasteiger charge is -2.38. The predicted octanol–water partition coefficient (Wildman–Crippen LogP) is 2.57. The zero-order valence-electron chi connectivity index (χ0n) is 17.0. The van der Waals surface area contributed by atoms with Gasteiger partial charge in [0.1, 0.15) is 0 Å². The number of benzene rings is 1. The molecule has 1 unspecified atom stereocenters. The Labute approximate surface area is 162 Å². The van der Waals surface area contributed by atoms with Gasteiger partial charge < -0.3 is 25.3 Å². The molecule has 1 atom stereocenters. The van der Waals surface area contributed by atoms with E-state index in [0.717, 1.165) is 44.8 Å². The summed E-state index contributed by atoms with van der Waals surface area (Å²) in [5, 5.41) is 3.15. The van der Waals surface area contributed by atoms with Crippen LogP contribution in [0.2, 0.25) is 0 Å². The van der Waals surface area contributed by atoms with Gasteiger partial charge in [-0.1, -0.05) is 26.7 Å². The fraction of sp³-hybridized carbons (Fsp3) is 0.650. The lowest BCUT2D eigenvalue weighted by molar-refractivity contribution is 0.00398. The van der Waals surface area contributed by atoms with E-state index in [9.17, 15) is 0 Å². The van der Waals surface area contributed by atoms with Gasteiger partial charge in [-0.3, -0.25) is 9.89 Å². The Hall–Kier alpha value is -1.99. The number of nitrogens with one attached hydrogen (secondary N) is 1. The monoisotopic (exact) mass is 378 g/mol. The van der Waals surface area contributed by atoms with Crippen molar-refractivity contribution in [1.82, 2.24) is 4.90 Å². The molecular formula is C20H34N4O3. The molecule has 1 aromatic rings. The first-order valence-electron chi connectivity index (χ1n) is 9.73. The first-order chi connectivity index (χ1) is 13.1. The highest BCUT2D eigenvalue weighted by molar-refractivity contribution is 5.92. The molecule has 27 heavy (non-hydrogen) atoms. The Bertz CT molecular complexity index is 599. The first-order valence-corrected chi connectivity index (χ1v) is 9.73. The van der Waals surface area contributed by atoms with Crippen molar-refractivity contribution in [3.05, 3.63) is 18.2 Å². The average Bonchev–Trinajstić information content (AvgIpc) is 2.71. The van der Waals surface area contributed by atoms with Crippen LogP contribution in [0.4, 0.5) is 5.69 Å². The van der Waals surface area contributed by atoms with E-state index in [1.807, 2.05) is 18.2 Å². The van der Waals surface area contributed by atoms with E-state index in [2.05, 4.69) is 29.1 Å². The summed E-state index contributed by atoms with van der Waals surface area (Å²) in [4.78, 5) is 7.13. The van der Waals surface area contributed by atoms with Crippen molar-refractivity contribution >= 4 is 11.6 Å². The average molecular weight is 379 g/mol. The predicted molar refractivity (Wildman–Crippen MR) is 110 cm³/mol. The standard InChI is InChI=1S/C20H34N4O3/c1-5-15(6-2)17(24-9-11-27-12-10-24)14-22-20(21)23-16-7-8-18(25-3)19(13-16)26-4/h7-8,13,15,17H,5-6,9-12,14H2,1-4H3,(H3,21,22,23). The SMILES string of the molecule is CCC(CC)C(CN=C(N)Nc1ccc(OC)c(OC)c1)N1CCOCC1. The van der Waals surface area contributed by atoms with E-state index in [1.54, 1.807) is 14.2 Å². The fourth-order valence-corrected chi connectivity index (χ4v) is 3.60. The maximum Gasteiger partial charge on any atom is 0.193 e. The summed E-state index contributed by atoms with van der Waals surface area (Å²) >= 11 is 0. The van der Waals surface area contributed by atoms with Crippen molar-refractivity contribution in [3.8, 4) is 11.5 Å². The van der Waals surface area contributed by atoms with Gasteiger partial charge in [0.15, 0.2) is 17.5 Å². The molecule has 0 radical (unpaired) electrons. The Balaban J connectivity index is 2.05. The van der Waals surface area contributed by atoms with Crippen LogP contribution in [0.5, 0.6) is 11.5 Å². The smallest absolute Gasteiger partial charge is 0.193 e. The first kappa shape index (κ1) is 21.3. The molecule has 2 rings (SSSR count). The molecule has 152 valence electrons. The van der Waals surface area contributed by atoms with Gasteiger partial charge in [0.05, 0.1) is 34.0 Å². The molecule has 7 nitrogen and oxygen atoms in total. The molecule has 0 spiro atoms. The van der Waals surface area contributed by atoms with Gasteiger partial charge in [-0.15, -0.1) is 0 Å². The quantitative estimate of drug-likeness (QED) is 0.508. The highest BCUT2D eigenvalue weighted by atomic mass is 16.5. The molecule has 7 heteroatoms. The number of nitrogens with zero attached hydrogens (tertiary/aromatic N) is 2. The number of hydrogen-bond acceptors (Lipinski definition) is 5. The van der Waals surface area contributed by atoms with Crippen LogP contribution in [-0.4, -0.2) is 64.0 Å². The Kier molecular flexibility index (Phi) is 8.67. The van der Waals surface area contributed by atoms with Gasteiger partial charge in [0.2, 0.25) is 0 Å². The second kappa shape index (κ2) is 11.0. The van der Waals surface area contributed by atoms with Gasteiger partial charge in [-0.05, 0) is 18.1 Å². The number of morpholine rings is 1. The molecule has 3 N–H and O–H groups in total. The summed E-state index contributed by atoms with van der Waals surface area (Å²) in [5.41, 5.74) is 6.97. The number of aliphatic imine (C=N–C) groups is 1. The fourth-order valence-electron chi connectivity index (χ4n) is 3.60. The summed E-state index contributed by atoms with van der Waals surface area (Å²) in [6, 6.07) is 5.97. The molecule has 0 bridgehead atoms. The van der Waals surface area contributed by atoms with Gasteiger partial charge in [0.25, 0.3) is 0 Å². The van der Waals surface area contributed by atoms with Crippen molar-refractivity contribution in [2.24, 2.45) is 16.6 Å². The zero-order valence-corrected chi connectivity index (χ0v) is 17.0. The minimum absolute atomic E-state index is 0.384. The van der Waals surface area contributed by atoms with Gasteiger partial charge >= 0.3 is 0 Å². The number of rotatable bonds is 9. The van der Waals surface area contributed by atoms with Gasteiger partial charge in [-0.25, -0.2) is 0 Å². The Morgan fingerprint density at radius 3 is 2.44 bits per heavy atom. The van der Waals surface area contributed by atoms with E-state index in [4.69, 9.17) is 19.9 Å². The van der Waals surface area contributed by atoms with Crippen molar-refractivity contribution in [2.45, 2.75) is 32.7 Å². The summed E-state index contributed by atoms with van der Waals surface area (Å²) < 4.78 is 16.1. The molecule has 1 heterocycles. The second-order valence-corrected chi connectivity index (χ2v) is 6.71. The Morgan fingerprint density at radius 1 is 1.19 bits per heavy atom.